The molecule has 2 amide bonds. The molecule has 0 aliphatic heterocycles. The zero-order valence-electron chi connectivity index (χ0n) is 14.9. The maximum atomic E-state index is 15.8. The first kappa shape index (κ1) is 19.8. The standard InChI is InChI=1S/C18H26ClFN2O3/c1-16(2,3)18(20)12(7-6-8-13(18)19)11-21-14(23)17(22-15(24)25)9-4-5-10-17/h6-8,12,22H,4-5,9-11H2,1-3H3,(H,21,23)(H,24,25). The summed E-state index contributed by atoms with van der Waals surface area (Å²) in [4.78, 5) is 23.7. The topological polar surface area (TPSA) is 78.4 Å². The smallest absolute Gasteiger partial charge is 0.405 e. The van der Waals surface area contributed by atoms with Gasteiger partial charge in [0, 0.05) is 17.9 Å². The highest BCUT2D eigenvalue weighted by Crippen LogP contribution is 2.49. The molecule has 2 aliphatic rings. The second kappa shape index (κ2) is 6.98. The molecule has 5 nitrogen and oxygen atoms in total. The number of carbonyl (C=O) groups is 2. The van der Waals surface area contributed by atoms with E-state index in [2.05, 4.69) is 10.6 Å². The van der Waals surface area contributed by atoms with Crippen LogP contribution in [-0.4, -0.2) is 34.9 Å². The van der Waals surface area contributed by atoms with E-state index in [9.17, 15) is 9.59 Å². The highest BCUT2D eigenvalue weighted by molar-refractivity contribution is 6.31. The number of allylic oxidation sites excluding steroid dienone is 3. The van der Waals surface area contributed by atoms with E-state index < -0.39 is 34.5 Å². The van der Waals surface area contributed by atoms with Crippen LogP contribution in [0.15, 0.2) is 23.3 Å². The molecule has 0 aromatic rings. The van der Waals surface area contributed by atoms with Gasteiger partial charge in [-0.25, -0.2) is 9.18 Å². The second-order valence-corrected chi connectivity index (χ2v) is 8.30. The minimum atomic E-state index is -1.81. The van der Waals surface area contributed by atoms with Crippen LogP contribution in [0.2, 0.25) is 0 Å². The van der Waals surface area contributed by atoms with Gasteiger partial charge in [0.2, 0.25) is 5.91 Å². The Kier molecular flexibility index (Phi) is 5.52. The first-order valence-electron chi connectivity index (χ1n) is 8.56. The van der Waals surface area contributed by atoms with Gasteiger partial charge in [-0.3, -0.25) is 4.79 Å². The summed E-state index contributed by atoms with van der Waals surface area (Å²) in [6.07, 6.45) is 6.15. The van der Waals surface area contributed by atoms with Gasteiger partial charge < -0.3 is 15.7 Å². The number of nitrogens with one attached hydrogen (secondary N) is 2. The molecule has 140 valence electrons. The van der Waals surface area contributed by atoms with Crippen LogP contribution in [0.3, 0.4) is 0 Å². The van der Waals surface area contributed by atoms with Crippen molar-refractivity contribution >= 4 is 23.6 Å². The lowest BCUT2D eigenvalue weighted by Crippen LogP contribution is -2.58. The Morgan fingerprint density at radius 2 is 1.96 bits per heavy atom. The van der Waals surface area contributed by atoms with Crippen LogP contribution < -0.4 is 10.6 Å². The third-order valence-electron chi connectivity index (χ3n) is 5.26. The molecule has 25 heavy (non-hydrogen) atoms. The van der Waals surface area contributed by atoms with Crippen molar-refractivity contribution in [1.82, 2.24) is 10.6 Å². The SMILES string of the molecule is CC(C)(C)C1(F)C(Cl)=CC=CC1CNC(=O)C1(NC(=O)O)CCCC1. The Morgan fingerprint density at radius 3 is 2.48 bits per heavy atom. The minimum Gasteiger partial charge on any atom is -0.465 e. The van der Waals surface area contributed by atoms with E-state index in [-0.39, 0.29) is 11.6 Å². The van der Waals surface area contributed by atoms with Crippen LogP contribution in [0.25, 0.3) is 0 Å². The molecule has 2 aliphatic carbocycles. The summed E-state index contributed by atoms with van der Waals surface area (Å²) in [7, 11) is 0. The lowest BCUT2D eigenvalue weighted by molar-refractivity contribution is -0.127. The fourth-order valence-corrected chi connectivity index (χ4v) is 4.29. The summed E-state index contributed by atoms with van der Waals surface area (Å²) in [5, 5.41) is 14.3. The van der Waals surface area contributed by atoms with E-state index in [4.69, 9.17) is 16.7 Å². The van der Waals surface area contributed by atoms with E-state index in [1.165, 1.54) is 6.08 Å². The van der Waals surface area contributed by atoms with Crippen molar-refractivity contribution in [3.05, 3.63) is 23.3 Å². The van der Waals surface area contributed by atoms with Crippen molar-refractivity contribution in [3.8, 4) is 0 Å². The zero-order valence-corrected chi connectivity index (χ0v) is 15.6. The van der Waals surface area contributed by atoms with Gasteiger partial charge in [-0.2, -0.15) is 0 Å². The van der Waals surface area contributed by atoms with Gasteiger partial charge >= 0.3 is 6.09 Å². The second-order valence-electron chi connectivity index (χ2n) is 7.90. The number of alkyl halides is 1. The Bertz CT molecular complexity index is 606. The average Bonchev–Trinajstić information content (AvgIpc) is 2.96. The van der Waals surface area contributed by atoms with Crippen molar-refractivity contribution in [3.63, 3.8) is 0 Å². The maximum Gasteiger partial charge on any atom is 0.405 e. The van der Waals surface area contributed by atoms with E-state index in [0.29, 0.717) is 12.8 Å². The first-order valence-corrected chi connectivity index (χ1v) is 8.93. The van der Waals surface area contributed by atoms with Gasteiger partial charge in [-0.15, -0.1) is 0 Å². The fourth-order valence-electron chi connectivity index (χ4n) is 3.79. The van der Waals surface area contributed by atoms with E-state index in [1.807, 2.05) is 0 Å². The first-order chi connectivity index (χ1) is 11.5. The summed E-state index contributed by atoms with van der Waals surface area (Å²) >= 11 is 6.17. The van der Waals surface area contributed by atoms with Gasteiger partial charge in [0.25, 0.3) is 0 Å². The van der Waals surface area contributed by atoms with Crippen molar-refractivity contribution in [2.45, 2.75) is 57.7 Å². The predicted octanol–water partition coefficient (Wildman–Crippen LogP) is 3.75. The van der Waals surface area contributed by atoms with Gasteiger partial charge in [-0.05, 0) is 18.9 Å². The van der Waals surface area contributed by atoms with Crippen molar-refractivity contribution < 1.29 is 19.1 Å². The van der Waals surface area contributed by atoms with Crippen LogP contribution in [0, 0.1) is 11.3 Å². The Labute approximate surface area is 152 Å². The molecule has 0 aromatic carbocycles. The largest absolute Gasteiger partial charge is 0.465 e. The molecule has 7 heteroatoms. The summed E-state index contributed by atoms with van der Waals surface area (Å²) in [6, 6.07) is 0. The molecule has 2 rings (SSSR count). The van der Waals surface area contributed by atoms with E-state index >= 15 is 4.39 Å². The quantitative estimate of drug-likeness (QED) is 0.703. The molecule has 0 saturated heterocycles. The highest BCUT2D eigenvalue weighted by atomic mass is 35.5. The van der Waals surface area contributed by atoms with Gasteiger partial charge in [0.1, 0.15) is 5.54 Å². The average molecular weight is 373 g/mol. The molecular weight excluding hydrogens is 347 g/mol. The van der Waals surface area contributed by atoms with Crippen molar-refractivity contribution in [1.29, 1.82) is 0 Å². The third-order valence-corrected chi connectivity index (χ3v) is 5.66. The molecule has 1 saturated carbocycles. The van der Waals surface area contributed by atoms with E-state index in [1.54, 1.807) is 32.9 Å². The molecule has 2 unspecified atom stereocenters. The Morgan fingerprint density at radius 1 is 1.36 bits per heavy atom. The molecule has 2 atom stereocenters. The van der Waals surface area contributed by atoms with Gasteiger partial charge in [0.05, 0.1) is 5.03 Å². The van der Waals surface area contributed by atoms with Crippen molar-refractivity contribution in [2.75, 3.05) is 6.54 Å². The number of amides is 2. The number of halogens is 2. The lowest BCUT2D eigenvalue weighted by atomic mass is 9.68. The van der Waals surface area contributed by atoms with Crippen LogP contribution in [0.5, 0.6) is 0 Å². The third kappa shape index (κ3) is 3.68. The maximum absolute atomic E-state index is 15.8. The number of carboxylic acid groups (broad SMARTS) is 1. The molecule has 0 aromatic heterocycles. The van der Waals surface area contributed by atoms with Crippen molar-refractivity contribution in [2.24, 2.45) is 11.3 Å². The zero-order chi connectivity index (χ0) is 18.9. The minimum absolute atomic E-state index is 0.0518. The fraction of sp³-hybridized carbons (Fsp3) is 0.667. The summed E-state index contributed by atoms with van der Waals surface area (Å²) in [6.45, 7) is 5.35. The van der Waals surface area contributed by atoms with Crippen LogP contribution in [0.4, 0.5) is 9.18 Å². The molecule has 0 bridgehead atoms. The van der Waals surface area contributed by atoms with Gasteiger partial charge in [-0.1, -0.05) is 57.4 Å². The molecule has 0 heterocycles. The van der Waals surface area contributed by atoms with E-state index in [0.717, 1.165) is 12.8 Å². The number of hydrogen-bond acceptors (Lipinski definition) is 2. The molecule has 0 radical (unpaired) electrons. The molecule has 3 N–H and O–H groups in total. The van der Waals surface area contributed by atoms with Crippen LogP contribution in [-0.2, 0) is 4.79 Å². The molecule has 0 spiro atoms. The normalized spacial score (nSPS) is 28.4. The summed E-state index contributed by atoms with van der Waals surface area (Å²) in [5.74, 6) is -1.03. The van der Waals surface area contributed by atoms with Crippen LogP contribution >= 0.6 is 11.6 Å². The highest BCUT2D eigenvalue weighted by Gasteiger charge is 2.52. The predicted molar refractivity (Wildman–Crippen MR) is 95.2 cm³/mol. The molecule has 1 fully saturated rings. The molecular formula is C18H26ClFN2O3. The summed E-state index contributed by atoms with van der Waals surface area (Å²) < 4.78 is 15.8. The summed E-state index contributed by atoms with van der Waals surface area (Å²) in [5.41, 5.74) is -3.69. The Balaban J connectivity index is 2.14. The van der Waals surface area contributed by atoms with Gasteiger partial charge in [0.15, 0.2) is 5.67 Å². The lowest BCUT2D eigenvalue weighted by Gasteiger charge is -2.44. The Hall–Kier alpha value is -1.56. The van der Waals surface area contributed by atoms with Crippen LogP contribution in [0.1, 0.15) is 46.5 Å². The monoisotopic (exact) mass is 372 g/mol. The number of rotatable bonds is 4. The number of carbonyl (C=O) groups excluding carboxylic acids is 1. The number of hydrogen-bond donors (Lipinski definition) is 3.